The molecule has 4 rings (SSSR count). The molecule has 0 N–H and O–H groups in total. The highest BCUT2D eigenvalue weighted by Gasteiger charge is 2.41. The number of amides is 2. The number of hydrogen-bond donors (Lipinski definition) is 0. The van der Waals surface area contributed by atoms with E-state index in [1.165, 1.54) is 4.90 Å². The van der Waals surface area contributed by atoms with Gasteiger partial charge in [0, 0.05) is 19.6 Å². The first-order chi connectivity index (χ1) is 15.1. The molecule has 31 heavy (non-hydrogen) atoms. The van der Waals surface area contributed by atoms with Crippen LogP contribution in [0.25, 0.3) is 5.57 Å². The number of rotatable bonds is 7. The Morgan fingerprint density at radius 2 is 1.74 bits per heavy atom. The zero-order valence-electron chi connectivity index (χ0n) is 18.3. The lowest BCUT2D eigenvalue weighted by atomic mass is 9.97. The lowest BCUT2D eigenvalue weighted by Gasteiger charge is -2.33. The summed E-state index contributed by atoms with van der Waals surface area (Å²) >= 11 is 0. The Morgan fingerprint density at radius 1 is 1.00 bits per heavy atom. The van der Waals surface area contributed by atoms with Gasteiger partial charge in [0.1, 0.15) is 11.4 Å². The van der Waals surface area contributed by atoms with Gasteiger partial charge >= 0.3 is 0 Å². The molecule has 1 saturated heterocycles. The van der Waals surface area contributed by atoms with Crippen molar-refractivity contribution < 1.29 is 14.3 Å². The van der Waals surface area contributed by atoms with Crippen LogP contribution < -0.4 is 4.74 Å². The second-order valence-electron chi connectivity index (χ2n) is 8.37. The van der Waals surface area contributed by atoms with Crippen LogP contribution in [-0.2, 0) is 16.0 Å². The van der Waals surface area contributed by atoms with Crippen molar-refractivity contribution in [2.24, 2.45) is 5.92 Å². The molecule has 0 aromatic heterocycles. The molecule has 0 bridgehead atoms. The topological polar surface area (TPSA) is 49.9 Å². The standard InChI is InChI=1S/C26H30N2O3/c1-3-31-22-13-11-21(12-14-22)23-24(27-16-7-8-19(2)18-27)26(30)28(25(23)29)17-15-20-9-5-4-6-10-20/h4-6,9-14,19H,3,7-8,15-18H2,1-2H3. The predicted octanol–water partition coefficient (Wildman–Crippen LogP) is 4.14. The van der Waals surface area contributed by atoms with Crippen LogP contribution in [0.3, 0.4) is 0 Å². The van der Waals surface area contributed by atoms with Crippen LogP contribution in [0.15, 0.2) is 60.3 Å². The summed E-state index contributed by atoms with van der Waals surface area (Å²) in [6, 6.07) is 17.5. The first-order valence-corrected chi connectivity index (χ1v) is 11.2. The summed E-state index contributed by atoms with van der Waals surface area (Å²) in [4.78, 5) is 30.5. The van der Waals surface area contributed by atoms with Crippen LogP contribution in [0.1, 0.15) is 37.8 Å². The summed E-state index contributed by atoms with van der Waals surface area (Å²) in [6.45, 7) is 6.74. The lowest BCUT2D eigenvalue weighted by molar-refractivity contribution is -0.137. The molecule has 0 spiro atoms. The molecule has 2 heterocycles. The molecule has 2 aliphatic rings. The van der Waals surface area contributed by atoms with Gasteiger partial charge < -0.3 is 9.64 Å². The summed E-state index contributed by atoms with van der Waals surface area (Å²) in [5.41, 5.74) is 2.98. The van der Waals surface area contributed by atoms with Gasteiger partial charge in [0.25, 0.3) is 11.8 Å². The van der Waals surface area contributed by atoms with Crippen LogP contribution >= 0.6 is 0 Å². The number of benzene rings is 2. The monoisotopic (exact) mass is 418 g/mol. The van der Waals surface area contributed by atoms with Crippen molar-refractivity contribution in [2.75, 3.05) is 26.2 Å². The molecule has 162 valence electrons. The second-order valence-corrected chi connectivity index (χ2v) is 8.37. The van der Waals surface area contributed by atoms with Crippen LogP contribution in [0, 0.1) is 5.92 Å². The molecule has 2 aromatic rings. The largest absolute Gasteiger partial charge is 0.494 e. The van der Waals surface area contributed by atoms with Crippen molar-refractivity contribution in [2.45, 2.75) is 33.1 Å². The molecule has 2 amide bonds. The van der Waals surface area contributed by atoms with Gasteiger partial charge in [-0.1, -0.05) is 49.4 Å². The average Bonchev–Trinajstić information content (AvgIpc) is 3.03. The maximum atomic E-state index is 13.5. The molecule has 2 aliphatic heterocycles. The van der Waals surface area contributed by atoms with E-state index in [1.807, 2.05) is 61.5 Å². The van der Waals surface area contributed by atoms with E-state index in [4.69, 9.17) is 4.74 Å². The van der Waals surface area contributed by atoms with E-state index in [2.05, 4.69) is 11.8 Å². The van der Waals surface area contributed by atoms with Gasteiger partial charge in [0.2, 0.25) is 0 Å². The summed E-state index contributed by atoms with van der Waals surface area (Å²) in [6.07, 6.45) is 2.84. The zero-order chi connectivity index (χ0) is 21.8. The van der Waals surface area contributed by atoms with Gasteiger partial charge in [-0.2, -0.15) is 0 Å². The molecular formula is C26H30N2O3. The van der Waals surface area contributed by atoms with Gasteiger partial charge in [0.15, 0.2) is 0 Å². The van der Waals surface area contributed by atoms with E-state index in [0.717, 1.165) is 42.8 Å². The normalized spacial score (nSPS) is 19.4. The molecule has 1 fully saturated rings. The van der Waals surface area contributed by atoms with Crippen molar-refractivity contribution in [3.05, 3.63) is 71.4 Å². The molecule has 1 atom stereocenters. The van der Waals surface area contributed by atoms with E-state index in [-0.39, 0.29) is 11.8 Å². The summed E-state index contributed by atoms with van der Waals surface area (Å²) in [5, 5.41) is 0. The third-order valence-corrected chi connectivity index (χ3v) is 6.04. The Hall–Kier alpha value is -3.08. The molecule has 0 radical (unpaired) electrons. The Balaban J connectivity index is 1.65. The smallest absolute Gasteiger partial charge is 0.277 e. The molecule has 2 aromatic carbocycles. The minimum atomic E-state index is -0.196. The van der Waals surface area contributed by atoms with E-state index >= 15 is 0 Å². The quantitative estimate of drug-likeness (QED) is 0.634. The van der Waals surface area contributed by atoms with Crippen molar-refractivity contribution in [3.63, 3.8) is 0 Å². The van der Waals surface area contributed by atoms with Gasteiger partial charge in [-0.15, -0.1) is 0 Å². The van der Waals surface area contributed by atoms with Crippen LogP contribution in [0.2, 0.25) is 0 Å². The zero-order valence-corrected chi connectivity index (χ0v) is 18.3. The van der Waals surface area contributed by atoms with Crippen LogP contribution in [0.4, 0.5) is 0 Å². The van der Waals surface area contributed by atoms with Crippen LogP contribution in [0.5, 0.6) is 5.75 Å². The molecule has 5 heteroatoms. The molecule has 1 unspecified atom stereocenters. The van der Waals surface area contributed by atoms with Crippen molar-refractivity contribution in [1.29, 1.82) is 0 Å². The van der Waals surface area contributed by atoms with E-state index < -0.39 is 0 Å². The fraction of sp³-hybridized carbons (Fsp3) is 0.385. The van der Waals surface area contributed by atoms with Crippen molar-refractivity contribution in [3.8, 4) is 5.75 Å². The van der Waals surface area contributed by atoms with Gasteiger partial charge in [-0.05, 0) is 55.4 Å². The Labute approximate surface area is 184 Å². The maximum absolute atomic E-state index is 13.5. The number of hydrogen-bond acceptors (Lipinski definition) is 4. The third-order valence-electron chi connectivity index (χ3n) is 6.04. The number of likely N-dealkylation sites (tertiary alicyclic amines) is 1. The molecule has 5 nitrogen and oxygen atoms in total. The summed E-state index contributed by atoms with van der Waals surface area (Å²) in [5.74, 6) is 0.902. The first-order valence-electron chi connectivity index (χ1n) is 11.2. The second kappa shape index (κ2) is 9.38. The SMILES string of the molecule is CCOc1ccc(C2=C(N3CCCC(C)C3)C(=O)N(CCc3ccccc3)C2=O)cc1. The van der Waals surface area contributed by atoms with E-state index in [9.17, 15) is 9.59 Å². The predicted molar refractivity (Wildman–Crippen MR) is 121 cm³/mol. The molecular weight excluding hydrogens is 388 g/mol. The molecule has 0 aliphatic carbocycles. The van der Waals surface area contributed by atoms with E-state index in [0.29, 0.717) is 36.8 Å². The minimum Gasteiger partial charge on any atom is -0.494 e. The number of nitrogens with zero attached hydrogens (tertiary/aromatic N) is 2. The van der Waals surface area contributed by atoms with Gasteiger partial charge in [-0.3, -0.25) is 14.5 Å². The van der Waals surface area contributed by atoms with Crippen molar-refractivity contribution >= 4 is 17.4 Å². The first kappa shape index (κ1) is 21.2. The summed E-state index contributed by atoms with van der Waals surface area (Å²) in [7, 11) is 0. The number of carbonyl (C=O) groups is 2. The number of piperidine rings is 1. The minimum absolute atomic E-state index is 0.168. The highest BCUT2D eigenvalue weighted by molar-refractivity contribution is 6.35. The van der Waals surface area contributed by atoms with Gasteiger partial charge in [-0.25, -0.2) is 0 Å². The highest BCUT2D eigenvalue weighted by Crippen LogP contribution is 2.34. The Morgan fingerprint density at radius 3 is 2.42 bits per heavy atom. The highest BCUT2D eigenvalue weighted by atomic mass is 16.5. The number of carbonyl (C=O) groups excluding carboxylic acids is 2. The number of ether oxygens (including phenoxy) is 1. The average molecular weight is 419 g/mol. The summed E-state index contributed by atoms with van der Waals surface area (Å²) < 4.78 is 5.55. The third kappa shape index (κ3) is 4.50. The number of imide groups is 1. The Bertz CT molecular complexity index is 966. The fourth-order valence-corrected chi connectivity index (χ4v) is 4.48. The lowest BCUT2D eigenvalue weighted by Crippen LogP contribution is -2.39. The van der Waals surface area contributed by atoms with E-state index in [1.54, 1.807) is 0 Å². The van der Waals surface area contributed by atoms with Gasteiger partial charge in [0.05, 0.1) is 12.2 Å². The van der Waals surface area contributed by atoms with Crippen LogP contribution in [-0.4, -0.2) is 47.9 Å². The Kier molecular flexibility index (Phi) is 6.40. The van der Waals surface area contributed by atoms with Crippen molar-refractivity contribution in [1.82, 2.24) is 9.80 Å². The maximum Gasteiger partial charge on any atom is 0.277 e. The molecule has 0 saturated carbocycles. The fourth-order valence-electron chi connectivity index (χ4n) is 4.48.